The Morgan fingerprint density at radius 2 is 2.20 bits per heavy atom. The fourth-order valence-corrected chi connectivity index (χ4v) is 2.62. The van der Waals surface area contributed by atoms with Gasteiger partial charge in [-0.05, 0) is 25.0 Å². The lowest BCUT2D eigenvalue weighted by Gasteiger charge is -2.18. The third-order valence-corrected chi connectivity index (χ3v) is 3.77. The number of rotatable bonds is 3. The lowest BCUT2D eigenvalue weighted by atomic mass is 10.2. The lowest BCUT2D eigenvalue weighted by Crippen LogP contribution is -2.22. The number of anilines is 1. The Balaban J connectivity index is 1.75. The number of hydrogen-bond acceptors (Lipinski definition) is 4. The third-order valence-electron chi connectivity index (χ3n) is 3.77. The molecule has 1 aliphatic rings. The standard InChI is InChI=1S/C15H21N5/c1-11(2)15-16-6-4-14(18-15)19-7-5-13(10-19)20-9-12(3)8-17-20/h4,6,8-9,11,13H,5,7,10H2,1-3H3. The molecular weight excluding hydrogens is 250 g/mol. The van der Waals surface area contributed by atoms with Gasteiger partial charge in [0, 0.05) is 31.4 Å². The quantitative estimate of drug-likeness (QED) is 0.860. The monoisotopic (exact) mass is 271 g/mol. The molecule has 2 aromatic rings. The Morgan fingerprint density at radius 3 is 2.90 bits per heavy atom. The molecule has 1 fully saturated rings. The molecule has 0 amide bonds. The second kappa shape index (κ2) is 5.23. The minimum Gasteiger partial charge on any atom is -0.354 e. The molecule has 0 aromatic carbocycles. The zero-order valence-electron chi connectivity index (χ0n) is 12.3. The second-order valence-electron chi connectivity index (χ2n) is 5.81. The van der Waals surface area contributed by atoms with Crippen LogP contribution in [0.4, 0.5) is 5.82 Å². The van der Waals surface area contributed by atoms with Gasteiger partial charge in [0.15, 0.2) is 0 Å². The van der Waals surface area contributed by atoms with Crippen molar-refractivity contribution in [2.45, 2.75) is 39.2 Å². The molecule has 20 heavy (non-hydrogen) atoms. The van der Waals surface area contributed by atoms with Crippen LogP contribution in [0.2, 0.25) is 0 Å². The van der Waals surface area contributed by atoms with E-state index < -0.39 is 0 Å². The van der Waals surface area contributed by atoms with Gasteiger partial charge in [0.25, 0.3) is 0 Å². The molecule has 1 unspecified atom stereocenters. The third kappa shape index (κ3) is 2.53. The maximum atomic E-state index is 4.67. The van der Waals surface area contributed by atoms with Gasteiger partial charge in [0.05, 0.1) is 12.2 Å². The highest BCUT2D eigenvalue weighted by Gasteiger charge is 2.25. The van der Waals surface area contributed by atoms with Crippen molar-refractivity contribution in [1.29, 1.82) is 0 Å². The summed E-state index contributed by atoms with van der Waals surface area (Å²) in [6, 6.07) is 2.45. The van der Waals surface area contributed by atoms with Crippen LogP contribution in [-0.2, 0) is 0 Å². The molecule has 0 spiro atoms. The van der Waals surface area contributed by atoms with E-state index in [1.54, 1.807) is 0 Å². The van der Waals surface area contributed by atoms with Crippen LogP contribution in [0.25, 0.3) is 0 Å². The Kier molecular flexibility index (Phi) is 3.42. The normalized spacial score (nSPS) is 19.0. The minimum absolute atomic E-state index is 0.363. The summed E-state index contributed by atoms with van der Waals surface area (Å²) in [7, 11) is 0. The molecule has 3 heterocycles. The summed E-state index contributed by atoms with van der Waals surface area (Å²) in [5.74, 6) is 2.32. The minimum atomic E-state index is 0.363. The smallest absolute Gasteiger partial charge is 0.133 e. The zero-order chi connectivity index (χ0) is 14.1. The van der Waals surface area contributed by atoms with Crippen molar-refractivity contribution >= 4 is 5.82 Å². The van der Waals surface area contributed by atoms with E-state index in [2.05, 4.69) is 51.6 Å². The fraction of sp³-hybridized carbons (Fsp3) is 0.533. The summed E-state index contributed by atoms with van der Waals surface area (Å²) >= 11 is 0. The lowest BCUT2D eigenvalue weighted by molar-refractivity contribution is 0.494. The molecule has 3 rings (SSSR count). The average molecular weight is 271 g/mol. The second-order valence-corrected chi connectivity index (χ2v) is 5.81. The Hall–Kier alpha value is -1.91. The Labute approximate surface area is 119 Å². The molecular formula is C15H21N5. The van der Waals surface area contributed by atoms with E-state index in [0.717, 1.165) is 31.2 Å². The summed E-state index contributed by atoms with van der Waals surface area (Å²) in [6.07, 6.45) is 7.02. The van der Waals surface area contributed by atoms with Crippen molar-refractivity contribution in [3.63, 3.8) is 0 Å². The first-order valence-corrected chi connectivity index (χ1v) is 7.22. The van der Waals surface area contributed by atoms with E-state index in [4.69, 9.17) is 0 Å². The predicted octanol–water partition coefficient (Wildman–Crippen LogP) is 2.56. The van der Waals surface area contributed by atoms with Crippen molar-refractivity contribution in [2.24, 2.45) is 0 Å². The van der Waals surface area contributed by atoms with Crippen molar-refractivity contribution in [1.82, 2.24) is 19.7 Å². The molecule has 0 N–H and O–H groups in total. The Bertz CT molecular complexity index is 589. The zero-order valence-corrected chi connectivity index (χ0v) is 12.3. The first-order valence-electron chi connectivity index (χ1n) is 7.22. The summed E-state index contributed by atoms with van der Waals surface area (Å²) in [6.45, 7) is 8.32. The van der Waals surface area contributed by atoms with Crippen LogP contribution in [0.1, 0.15) is 43.6 Å². The predicted molar refractivity (Wildman–Crippen MR) is 79.0 cm³/mol. The number of nitrogens with zero attached hydrogens (tertiary/aromatic N) is 5. The van der Waals surface area contributed by atoms with E-state index in [0.29, 0.717) is 12.0 Å². The summed E-state index contributed by atoms with van der Waals surface area (Å²) in [5, 5.41) is 4.43. The first kappa shape index (κ1) is 13.1. The van der Waals surface area contributed by atoms with E-state index in [9.17, 15) is 0 Å². The van der Waals surface area contributed by atoms with Gasteiger partial charge in [0.1, 0.15) is 11.6 Å². The van der Waals surface area contributed by atoms with Gasteiger partial charge < -0.3 is 4.90 Å². The molecule has 0 bridgehead atoms. The van der Waals surface area contributed by atoms with Gasteiger partial charge in [-0.25, -0.2) is 9.97 Å². The molecule has 0 aliphatic carbocycles. The first-order chi connectivity index (χ1) is 9.63. The molecule has 1 aliphatic heterocycles. The van der Waals surface area contributed by atoms with Crippen LogP contribution in [0.5, 0.6) is 0 Å². The van der Waals surface area contributed by atoms with Gasteiger partial charge >= 0.3 is 0 Å². The van der Waals surface area contributed by atoms with Crippen molar-refractivity contribution < 1.29 is 0 Å². The fourth-order valence-electron chi connectivity index (χ4n) is 2.62. The molecule has 5 nitrogen and oxygen atoms in total. The van der Waals surface area contributed by atoms with Gasteiger partial charge in [-0.3, -0.25) is 4.68 Å². The van der Waals surface area contributed by atoms with E-state index >= 15 is 0 Å². The van der Waals surface area contributed by atoms with Crippen LogP contribution in [0.15, 0.2) is 24.7 Å². The van der Waals surface area contributed by atoms with Crippen LogP contribution < -0.4 is 4.90 Å². The highest BCUT2D eigenvalue weighted by molar-refractivity contribution is 5.39. The average Bonchev–Trinajstić information content (AvgIpc) is 3.07. The molecule has 5 heteroatoms. The number of aryl methyl sites for hydroxylation is 1. The summed E-state index contributed by atoms with van der Waals surface area (Å²) in [4.78, 5) is 11.3. The maximum Gasteiger partial charge on any atom is 0.133 e. The molecule has 0 radical (unpaired) electrons. The SMILES string of the molecule is Cc1cnn(C2CCN(c3ccnc(C(C)C)n3)C2)c1. The van der Waals surface area contributed by atoms with Crippen molar-refractivity contribution in [3.05, 3.63) is 36.0 Å². The summed E-state index contributed by atoms with van der Waals surface area (Å²) < 4.78 is 2.08. The molecule has 0 saturated carbocycles. The number of hydrogen-bond donors (Lipinski definition) is 0. The van der Waals surface area contributed by atoms with Gasteiger partial charge in [0.2, 0.25) is 0 Å². The molecule has 1 saturated heterocycles. The molecule has 2 aromatic heterocycles. The highest BCUT2D eigenvalue weighted by Crippen LogP contribution is 2.25. The van der Waals surface area contributed by atoms with Crippen LogP contribution in [0.3, 0.4) is 0 Å². The van der Waals surface area contributed by atoms with Crippen LogP contribution >= 0.6 is 0 Å². The summed E-state index contributed by atoms with van der Waals surface area (Å²) in [5.41, 5.74) is 1.22. The van der Waals surface area contributed by atoms with E-state index in [1.165, 1.54) is 5.56 Å². The van der Waals surface area contributed by atoms with Crippen molar-refractivity contribution in [3.8, 4) is 0 Å². The van der Waals surface area contributed by atoms with Gasteiger partial charge in [-0.15, -0.1) is 0 Å². The van der Waals surface area contributed by atoms with Crippen molar-refractivity contribution in [2.75, 3.05) is 18.0 Å². The molecule has 1 atom stereocenters. The van der Waals surface area contributed by atoms with Crippen LogP contribution in [0, 0.1) is 6.92 Å². The largest absolute Gasteiger partial charge is 0.354 e. The van der Waals surface area contributed by atoms with E-state index in [-0.39, 0.29) is 0 Å². The van der Waals surface area contributed by atoms with E-state index in [1.807, 2.05) is 18.5 Å². The van der Waals surface area contributed by atoms with Crippen LogP contribution in [-0.4, -0.2) is 32.8 Å². The van der Waals surface area contributed by atoms with Gasteiger partial charge in [-0.1, -0.05) is 13.8 Å². The topological polar surface area (TPSA) is 46.8 Å². The van der Waals surface area contributed by atoms with Gasteiger partial charge in [-0.2, -0.15) is 5.10 Å². The maximum absolute atomic E-state index is 4.67. The molecule has 106 valence electrons. The Morgan fingerprint density at radius 1 is 1.35 bits per heavy atom. The number of aromatic nitrogens is 4. The highest BCUT2D eigenvalue weighted by atomic mass is 15.3.